The highest BCUT2D eigenvalue weighted by molar-refractivity contribution is 5.24. The Kier molecular flexibility index (Phi) is 3.39. The minimum Gasteiger partial charge on any atom is -0.396 e. The van der Waals surface area contributed by atoms with Crippen LogP contribution in [0.3, 0.4) is 0 Å². The van der Waals surface area contributed by atoms with Gasteiger partial charge in [-0.25, -0.2) is 0 Å². The van der Waals surface area contributed by atoms with Crippen molar-refractivity contribution >= 4 is 0 Å². The van der Waals surface area contributed by atoms with Gasteiger partial charge in [0.15, 0.2) is 0 Å². The number of hydrogen-bond acceptors (Lipinski definition) is 2. The molecule has 0 atom stereocenters. The summed E-state index contributed by atoms with van der Waals surface area (Å²) in [5.74, 6) is 0. The molecular weight excluding hydrogens is 192 g/mol. The first-order valence-electron chi connectivity index (χ1n) is 5.34. The molecule has 15 heavy (non-hydrogen) atoms. The molecule has 0 bridgehead atoms. The number of aliphatic hydroxyl groups is 1. The maximum absolute atomic E-state index is 11.9. The van der Waals surface area contributed by atoms with Crippen molar-refractivity contribution in [3.05, 3.63) is 21.6 Å². The molecule has 4 nitrogen and oxygen atoms in total. The van der Waals surface area contributed by atoms with Crippen LogP contribution in [0.25, 0.3) is 0 Å². The fourth-order valence-corrected chi connectivity index (χ4v) is 1.71. The Balaban J connectivity index is 3.31. The largest absolute Gasteiger partial charge is 0.396 e. The van der Waals surface area contributed by atoms with Crippen molar-refractivity contribution in [2.45, 2.75) is 46.1 Å². The van der Waals surface area contributed by atoms with Crippen molar-refractivity contribution in [2.75, 3.05) is 6.61 Å². The lowest BCUT2D eigenvalue weighted by atomic mass is 9.89. The van der Waals surface area contributed by atoms with Crippen LogP contribution in [0.4, 0.5) is 0 Å². The highest BCUT2D eigenvalue weighted by Crippen LogP contribution is 2.22. The molecule has 0 radical (unpaired) electrons. The van der Waals surface area contributed by atoms with E-state index in [1.54, 1.807) is 4.68 Å². The summed E-state index contributed by atoms with van der Waals surface area (Å²) >= 11 is 0. The molecule has 0 amide bonds. The first-order valence-corrected chi connectivity index (χ1v) is 5.34. The second-order valence-corrected chi connectivity index (χ2v) is 4.74. The molecule has 0 spiro atoms. The molecule has 0 aromatic carbocycles. The lowest BCUT2D eigenvalue weighted by molar-refractivity contribution is 0.298. The van der Waals surface area contributed by atoms with Crippen LogP contribution in [0.5, 0.6) is 0 Å². The highest BCUT2D eigenvalue weighted by Gasteiger charge is 2.23. The van der Waals surface area contributed by atoms with Gasteiger partial charge in [0.05, 0.1) is 0 Å². The summed E-state index contributed by atoms with van der Waals surface area (Å²) in [6, 6.07) is 0. The summed E-state index contributed by atoms with van der Waals surface area (Å²) < 4.78 is 1.59. The van der Waals surface area contributed by atoms with E-state index < -0.39 is 0 Å². The smallest absolute Gasteiger partial charge is 0.270 e. The van der Waals surface area contributed by atoms with Crippen molar-refractivity contribution in [3.63, 3.8) is 0 Å². The van der Waals surface area contributed by atoms with Crippen LogP contribution in [0.1, 0.15) is 39.0 Å². The number of H-pyrrole nitrogens is 1. The third kappa shape index (κ3) is 2.31. The summed E-state index contributed by atoms with van der Waals surface area (Å²) in [7, 11) is 0. The van der Waals surface area contributed by atoms with Crippen molar-refractivity contribution in [1.29, 1.82) is 0 Å². The van der Waals surface area contributed by atoms with Gasteiger partial charge in [0.25, 0.3) is 5.56 Å². The van der Waals surface area contributed by atoms with Crippen LogP contribution in [0.2, 0.25) is 0 Å². The molecule has 86 valence electrons. The predicted molar refractivity (Wildman–Crippen MR) is 60.2 cm³/mol. The standard InChI is InChI=1S/C11H20N2O2/c1-5-13-10(15)8(6-7-14)9(12-13)11(2,3)4/h12,14H,5-7H2,1-4H3. The van der Waals surface area contributed by atoms with E-state index in [2.05, 4.69) is 25.9 Å². The second-order valence-electron chi connectivity index (χ2n) is 4.74. The van der Waals surface area contributed by atoms with Gasteiger partial charge in [0.1, 0.15) is 0 Å². The van der Waals surface area contributed by atoms with E-state index in [1.165, 1.54) is 0 Å². The van der Waals surface area contributed by atoms with E-state index >= 15 is 0 Å². The van der Waals surface area contributed by atoms with Crippen molar-refractivity contribution in [2.24, 2.45) is 0 Å². The quantitative estimate of drug-likeness (QED) is 0.786. The highest BCUT2D eigenvalue weighted by atomic mass is 16.3. The first kappa shape index (κ1) is 12.0. The molecule has 1 aromatic heterocycles. The number of aryl methyl sites for hydroxylation is 1. The molecule has 4 heteroatoms. The first-order chi connectivity index (χ1) is 6.91. The van der Waals surface area contributed by atoms with Gasteiger partial charge in [0.2, 0.25) is 0 Å². The molecule has 0 aliphatic carbocycles. The minimum absolute atomic E-state index is 0.00326. The van der Waals surface area contributed by atoms with Gasteiger partial charge in [-0.1, -0.05) is 20.8 Å². The van der Waals surface area contributed by atoms with Gasteiger partial charge >= 0.3 is 0 Å². The maximum atomic E-state index is 11.9. The Morgan fingerprint density at radius 3 is 2.40 bits per heavy atom. The number of hydrogen-bond donors (Lipinski definition) is 2. The fourth-order valence-electron chi connectivity index (χ4n) is 1.71. The molecule has 0 aliphatic heterocycles. The fraction of sp³-hybridized carbons (Fsp3) is 0.727. The van der Waals surface area contributed by atoms with Crippen LogP contribution in [0.15, 0.2) is 4.79 Å². The molecule has 1 heterocycles. The average molecular weight is 212 g/mol. The van der Waals surface area contributed by atoms with Crippen molar-refractivity contribution in [3.8, 4) is 0 Å². The lowest BCUT2D eigenvalue weighted by Gasteiger charge is -2.17. The summed E-state index contributed by atoms with van der Waals surface area (Å²) in [6.45, 7) is 8.73. The minimum atomic E-state index is -0.0932. The maximum Gasteiger partial charge on any atom is 0.270 e. The van der Waals surface area contributed by atoms with Gasteiger partial charge in [-0.05, 0) is 6.92 Å². The normalized spacial score (nSPS) is 12.1. The van der Waals surface area contributed by atoms with Gasteiger partial charge < -0.3 is 5.11 Å². The van der Waals surface area contributed by atoms with Crippen molar-refractivity contribution in [1.82, 2.24) is 9.78 Å². The molecule has 0 unspecified atom stereocenters. The van der Waals surface area contributed by atoms with Crippen LogP contribution in [-0.2, 0) is 18.4 Å². The Bertz CT molecular complexity index is 382. The van der Waals surface area contributed by atoms with E-state index in [-0.39, 0.29) is 17.6 Å². The van der Waals surface area contributed by atoms with E-state index in [0.717, 1.165) is 5.69 Å². The number of aliphatic hydroxyl groups excluding tert-OH is 1. The molecular formula is C11H20N2O2. The average Bonchev–Trinajstić information content (AvgIpc) is 2.44. The van der Waals surface area contributed by atoms with Crippen LogP contribution < -0.4 is 5.56 Å². The SMILES string of the molecule is CCn1[nH]c(C(C)(C)C)c(CCO)c1=O. The van der Waals surface area contributed by atoms with Crippen molar-refractivity contribution < 1.29 is 5.11 Å². The summed E-state index contributed by atoms with van der Waals surface area (Å²) in [5.41, 5.74) is 1.55. The lowest BCUT2D eigenvalue weighted by Crippen LogP contribution is -2.19. The van der Waals surface area contributed by atoms with E-state index in [1.807, 2.05) is 6.92 Å². The molecule has 1 rings (SSSR count). The van der Waals surface area contributed by atoms with Gasteiger partial charge in [0, 0.05) is 36.2 Å². The summed E-state index contributed by atoms with van der Waals surface area (Å²) in [4.78, 5) is 11.9. The second kappa shape index (κ2) is 4.23. The number of nitrogens with one attached hydrogen (secondary N) is 1. The Hall–Kier alpha value is -1.03. The third-order valence-corrected chi connectivity index (χ3v) is 2.48. The molecule has 1 aromatic rings. The third-order valence-electron chi connectivity index (χ3n) is 2.48. The topological polar surface area (TPSA) is 58.0 Å². The Morgan fingerprint density at radius 2 is 2.00 bits per heavy atom. The Morgan fingerprint density at radius 1 is 1.40 bits per heavy atom. The zero-order chi connectivity index (χ0) is 11.6. The van der Waals surface area contributed by atoms with E-state index in [4.69, 9.17) is 5.11 Å². The summed E-state index contributed by atoms with van der Waals surface area (Å²) in [6.07, 6.45) is 0.426. The number of rotatable bonds is 3. The zero-order valence-corrected chi connectivity index (χ0v) is 9.92. The van der Waals surface area contributed by atoms with Gasteiger partial charge in [-0.3, -0.25) is 14.6 Å². The Labute approximate surface area is 89.9 Å². The zero-order valence-electron chi connectivity index (χ0n) is 9.92. The number of aromatic amines is 1. The van der Waals surface area contributed by atoms with Crippen LogP contribution in [-0.4, -0.2) is 21.5 Å². The molecule has 0 saturated carbocycles. The number of nitrogens with zero attached hydrogens (tertiary/aromatic N) is 1. The predicted octanol–water partition coefficient (Wildman–Crippen LogP) is 1.03. The molecule has 0 aliphatic rings. The summed E-state index contributed by atoms with van der Waals surface area (Å²) in [5, 5.41) is 12.1. The number of aromatic nitrogens is 2. The van der Waals surface area contributed by atoms with Gasteiger partial charge in [-0.15, -0.1) is 0 Å². The monoisotopic (exact) mass is 212 g/mol. The van der Waals surface area contributed by atoms with Gasteiger partial charge in [-0.2, -0.15) is 0 Å². The molecule has 0 saturated heterocycles. The van der Waals surface area contributed by atoms with Crippen LogP contribution >= 0.6 is 0 Å². The van der Waals surface area contributed by atoms with Crippen LogP contribution in [0, 0.1) is 0 Å². The molecule has 2 N–H and O–H groups in total. The van der Waals surface area contributed by atoms with E-state index in [9.17, 15) is 4.79 Å². The molecule has 0 fully saturated rings. The van der Waals surface area contributed by atoms with E-state index in [0.29, 0.717) is 18.5 Å².